The normalized spacial score (nSPS) is 14.3. The van der Waals surface area contributed by atoms with Gasteiger partial charge in [-0.05, 0) is 62.1 Å². The van der Waals surface area contributed by atoms with Crippen molar-refractivity contribution >= 4 is 27.5 Å². The molecular weight excluding hydrogens is 538 g/mol. The molecule has 218 valence electrons. The molecule has 0 aromatic heterocycles. The Morgan fingerprint density at radius 2 is 1.56 bits per heavy atom. The van der Waals surface area contributed by atoms with Crippen LogP contribution in [0.4, 0.5) is 5.69 Å². The van der Waals surface area contributed by atoms with E-state index < -0.39 is 28.5 Å². The van der Waals surface area contributed by atoms with Crippen LogP contribution >= 0.6 is 0 Å². The number of nitrogens with one attached hydrogen (secondary N) is 1. The van der Waals surface area contributed by atoms with Crippen molar-refractivity contribution in [3.05, 3.63) is 95.6 Å². The topological polar surface area (TPSA) is 96.0 Å². The van der Waals surface area contributed by atoms with Gasteiger partial charge in [-0.1, -0.05) is 73.0 Å². The minimum atomic E-state index is -3.81. The van der Waals surface area contributed by atoms with Gasteiger partial charge in [-0.15, -0.1) is 0 Å². The highest BCUT2D eigenvalue weighted by molar-refractivity contribution is 7.92. The van der Waals surface area contributed by atoms with Gasteiger partial charge in [-0.25, -0.2) is 8.42 Å². The van der Waals surface area contributed by atoms with Gasteiger partial charge >= 0.3 is 0 Å². The fourth-order valence-corrected chi connectivity index (χ4v) is 5.78. The maximum Gasteiger partial charge on any atom is 0.244 e. The van der Waals surface area contributed by atoms with Crippen LogP contribution in [-0.2, 0) is 32.8 Å². The second kappa shape index (κ2) is 13.7. The zero-order valence-electron chi connectivity index (χ0n) is 24.0. The summed E-state index contributed by atoms with van der Waals surface area (Å²) in [5.41, 5.74) is 3.29. The highest BCUT2D eigenvalue weighted by atomic mass is 32.2. The van der Waals surface area contributed by atoms with Crippen molar-refractivity contribution in [3.63, 3.8) is 0 Å². The number of amides is 2. The van der Waals surface area contributed by atoms with E-state index in [1.807, 2.05) is 61.5 Å². The maximum atomic E-state index is 13.8. The molecule has 1 N–H and O–H groups in total. The van der Waals surface area contributed by atoms with E-state index in [-0.39, 0.29) is 18.5 Å². The number of hydrogen-bond donors (Lipinski definition) is 1. The third kappa shape index (κ3) is 8.57. The molecule has 1 fully saturated rings. The second-order valence-electron chi connectivity index (χ2n) is 10.7. The summed E-state index contributed by atoms with van der Waals surface area (Å²) in [5.74, 6) is -0.117. The summed E-state index contributed by atoms with van der Waals surface area (Å²) in [7, 11) is -3.81. The van der Waals surface area contributed by atoms with Crippen molar-refractivity contribution in [2.45, 2.75) is 64.8 Å². The number of carbonyl (C=O) groups excluding carboxylic acids is 2. The van der Waals surface area contributed by atoms with E-state index in [0.29, 0.717) is 18.0 Å². The molecule has 2 amide bonds. The molecule has 1 aliphatic carbocycles. The van der Waals surface area contributed by atoms with Crippen molar-refractivity contribution in [2.75, 3.05) is 17.1 Å². The molecule has 1 saturated carbocycles. The van der Waals surface area contributed by atoms with Gasteiger partial charge in [0.2, 0.25) is 21.8 Å². The van der Waals surface area contributed by atoms with Crippen molar-refractivity contribution in [2.24, 2.45) is 0 Å². The first-order chi connectivity index (χ1) is 19.6. The number of nitrogens with zero attached hydrogens (tertiary/aromatic N) is 2. The van der Waals surface area contributed by atoms with E-state index in [1.54, 1.807) is 31.2 Å². The molecule has 0 saturated heterocycles. The third-order valence-corrected chi connectivity index (χ3v) is 8.54. The Hall–Kier alpha value is -3.85. The minimum Gasteiger partial charge on any atom is -0.489 e. The zero-order chi connectivity index (χ0) is 29.4. The average molecular weight is 578 g/mol. The lowest BCUT2D eigenvalue weighted by molar-refractivity contribution is -0.139. The van der Waals surface area contributed by atoms with E-state index >= 15 is 0 Å². The van der Waals surface area contributed by atoms with Crippen LogP contribution in [0.15, 0.2) is 78.9 Å². The number of carbonyl (C=O) groups is 2. The van der Waals surface area contributed by atoms with Crippen molar-refractivity contribution in [1.82, 2.24) is 10.2 Å². The SMILES string of the molecule is Cc1ccc(CN(C(=O)CN(c2ccc(OCc3ccccc3)cc2)S(C)(=O)=O)[C@H](C)C(=O)NC2CCCC2)cc1. The average Bonchev–Trinajstić information content (AvgIpc) is 3.47. The van der Waals surface area contributed by atoms with Crippen LogP contribution in [0.5, 0.6) is 5.75 Å². The Morgan fingerprint density at radius 1 is 0.927 bits per heavy atom. The number of ether oxygens (including phenoxy) is 1. The van der Waals surface area contributed by atoms with Crippen molar-refractivity contribution in [3.8, 4) is 5.75 Å². The quantitative estimate of drug-likeness (QED) is 0.333. The standard InChI is InChI=1S/C32H39N3O5S/c1-24-13-15-26(16-14-24)21-34(25(2)32(37)33-28-11-7-8-12-28)31(36)22-35(41(3,38)39)29-17-19-30(20-18-29)40-23-27-9-5-4-6-10-27/h4-6,9-10,13-20,25,28H,7-8,11-12,21-23H2,1-3H3,(H,33,37)/t25-/m1/s1. The molecule has 1 aliphatic rings. The van der Waals surface area contributed by atoms with Crippen molar-refractivity contribution < 1.29 is 22.7 Å². The summed E-state index contributed by atoms with van der Waals surface area (Å²) in [5, 5.41) is 3.08. The molecule has 0 spiro atoms. The molecule has 9 heteroatoms. The largest absolute Gasteiger partial charge is 0.489 e. The molecule has 0 aliphatic heterocycles. The highest BCUT2D eigenvalue weighted by Gasteiger charge is 2.31. The molecule has 41 heavy (non-hydrogen) atoms. The molecule has 3 aromatic carbocycles. The van der Waals surface area contributed by atoms with Gasteiger partial charge in [0.25, 0.3) is 0 Å². The van der Waals surface area contributed by atoms with E-state index in [2.05, 4.69) is 5.32 Å². The van der Waals surface area contributed by atoms with Gasteiger partial charge in [0.15, 0.2) is 0 Å². The van der Waals surface area contributed by atoms with Crippen LogP contribution in [0, 0.1) is 6.92 Å². The summed E-state index contributed by atoms with van der Waals surface area (Å²) >= 11 is 0. The number of sulfonamides is 1. The van der Waals surface area contributed by atoms with Gasteiger partial charge in [0, 0.05) is 12.6 Å². The van der Waals surface area contributed by atoms with Gasteiger partial charge in [-0.3, -0.25) is 13.9 Å². The predicted octanol–water partition coefficient (Wildman–Crippen LogP) is 4.82. The molecule has 0 heterocycles. The van der Waals surface area contributed by atoms with Gasteiger partial charge in [0.05, 0.1) is 11.9 Å². The Morgan fingerprint density at radius 3 is 2.17 bits per heavy atom. The monoisotopic (exact) mass is 577 g/mol. The van der Waals surface area contributed by atoms with E-state index in [1.165, 1.54) is 4.90 Å². The molecule has 3 aromatic rings. The van der Waals surface area contributed by atoms with E-state index in [4.69, 9.17) is 4.74 Å². The number of anilines is 1. The smallest absolute Gasteiger partial charge is 0.244 e. The number of hydrogen-bond acceptors (Lipinski definition) is 5. The first-order valence-electron chi connectivity index (χ1n) is 14.0. The number of aryl methyl sites for hydroxylation is 1. The molecule has 8 nitrogen and oxygen atoms in total. The van der Waals surface area contributed by atoms with Crippen LogP contribution in [0.25, 0.3) is 0 Å². The lowest BCUT2D eigenvalue weighted by atomic mass is 10.1. The Bertz CT molecular complexity index is 1400. The number of rotatable bonds is 12. The fraction of sp³-hybridized carbons (Fsp3) is 0.375. The van der Waals surface area contributed by atoms with Gasteiger partial charge < -0.3 is 15.0 Å². The van der Waals surface area contributed by atoms with Crippen LogP contribution < -0.4 is 14.4 Å². The summed E-state index contributed by atoms with van der Waals surface area (Å²) in [6.45, 7) is 3.80. The highest BCUT2D eigenvalue weighted by Crippen LogP contribution is 2.24. The van der Waals surface area contributed by atoms with E-state index in [9.17, 15) is 18.0 Å². The van der Waals surface area contributed by atoms with Crippen molar-refractivity contribution in [1.29, 1.82) is 0 Å². The predicted molar refractivity (Wildman–Crippen MR) is 161 cm³/mol. The summed E-state index contributed by atoms with van der Waals surface area (Å²) in [6.07, 6.45) is 5.07. The fourth-order valence-electron chi connectivity index (χ4n) is 4.93. The van der Waals surface area contributed by atoms with Crippen LogP contribution in [0.1, 0.15) is 49.3 Å². The first-order valence-corrected chi connectivity index (χ1v) is 15.8. The van der Waals surface area contributed by atoms with Crippen LogP contribution in [0.2, 0.25) is 0 Å². The maximum absolute atomic E-state index is 13.8. The van der Waals surface area contributed by atoms with Gasteiger partial charge in [-0.2, -0.15) is 0 Å². The molecule has 0 radical (unpaired) electrons. The first kappa shape index (κ1) is 30.1. The van der Waals surface area contributed by atoms with E-state index in [0.717, 1.165) is 52.9 Å². The second-order valence-corrected chi connectivity index (χ2v) is 12.6. The molecule has 4 rings (SSSR count). The summed E-state index contributed by atoms with van der Waals surface area (Å²) < 4.78 is 32.6. The Balaban J connectivity index is 1.51. The molecule has 1 atom stereocenters. The Kier molecular flexibility index (Phi) is 10.0. The van der Waals surface area contributed by atoms with Crippen LogP contribution in [0.3, 0.4) is 0 Å². The summed E-state index contributed by atoms with van der Waals surface area (Å²) in [4.78, 5) is 28.4. The summed E-state index contributed by atoms with van der Waals surface area (Å²) in [6, 6.07) is 23.4. The zero-order valence-corrected chi connectivity index (χ0v) is 24.8. The lowest BCUT2D eigenvalue weighted by Crippen LogP contribution is -2.52. The molecular formula is C32H39N3O5S. The minimum absolute atomic E-state index is 0.108. The molecule has 0 bridgehead atoms. The Labute approximate surface area is 243 Å². The third-order valence-electron chi connectivity index (χ3n) is 7.39. The van der Waals surface area contributed by atoms with Crippen LogP contribution in [-0.4, -0.2) is 50.0 Å². The number of benzene rings is 3. The van der Waals surface area contributed by atoms with Gasteiger partial charge in [0.1, 0.15) is 24.9 Å². The molecule has 0 unspecified atom stereocenters. The lowest BCUT2D eigenvalue weighted by Gasteiger charge is -2.32.